The third-order valence-electron chi connectivity index (χ3n) is 4.58. The number of nitrogens with one attached hydrogen (secondary N) is 2. The number of carbonyl (C=O) groups excluding carboxylic acids is 2. The molecule has 0 spiro atoms. The van der Waals surface area contributed by atoms with Crippen molar-refractivity contribution in [2.75, 3.05) is 35.1 Å². The predicted octanol–water partition coefficient (Wildman–Crippen LogP) is 5.23. The Morgan fingerprint density at radius 3 is 2.32 bits per heavy atom. The zero-order chi connectivity index (χ0) is 24.3. The molecule has 11 heteroatoms. The molecular weight excluding hydrogens is 517 g/mol. The summed E-state index contributed by atoms with van der Waals surface area (Å²) in [5, 5.41) is 9.40. The quantitative estimate of drug-likeness (QED) is 0.152. The van der Waals surface area contributed by atoms with E-state index >= 15 is 0 Å². The second-order valence-corrected chi connectivity index (χ2v) is 9.07. The van der Waals surface area contributed by atoms with E-state index in [1.807, 2.05) is 41.8 Å². The molecular formula is C23H22Cl3N5O2S. The first-order chi connectivity index (χ1) is 16.5. The lowest BCUT2D eigenvalue weighted by molar-refractivity contribution is -0.126. The molecule has 0 aliphatic heterocycles. The lowest BCUT2D eigenvalue weighted by Crippen LogP contribution is -2.27. The van der Waals surface area contributed by atoms with Gasteiger partial charge >= 0.3 is 0 Å². The Bertz CT molecular complexity index is 1110. The lowest BCUT2D eigenvalue weighted by Gasteiger charge is -2.22. The average molecular weight is 539 g/mol. The zero-order valence-electron chi connectivity index (χ0n) is 18.0. The Labute approximate surface area is 216 Å². The smallest absolute Gasteiger partial charge is 0.249 e. The molecule has 2 aromatic carbocycles. The van der Waals surface area contributed by atoms with Crippen LogP contribution < -0.4 is 15.6 Å². The van der Waals surface area contributed by atoms with Gasteiger partial charge in [0.05, 0.1) is 11.9 Å². The number of halogens is 3. The van der Waals surface area contributed by atoms with E-state index in [4.69, 9.17) is 34.8 Å². The molecule has 34 heavy (non-hydrogen) atoms. The molecule has 0 saturated heterocycles. The van der Waals surface area contributed by atoms with E-state index in [0.29, 0.717) is 40.7 Å². The normalized spacial score (nSPS) is 10.9. The predicted molar refractivity (Wildman–Crippen MR) is 142 cm³/mol. The van der Waals surface area contributed by atoms with E-state index in [1.165, 1.54) is 17.6 Å². The molecule has 0 atom stereocenters. The van der Waals surface area contributed by atoms with Crippen molar-refractivity contribution < 1.29 is 9.59 Å². The van der Waals surface area contributed by atoms with E-state index in [9.17, 15) is 9.59 Å². The molecule has 0 aliphatic carbocycles. The number of hydrogen-bond acceptors (Lipinski definition) is 6. The van der Waals surface area contributed by atoms with Gasteiger partial charge in [0.15, 0.2) is 5.13 Å². The minimum absolute atomic E-state index is 0.377. The number of rotatable bonds is 11. The van der Waals surface area contributed by atoms with E-state index in [1.54, 1.807) is 12.1 Å². The Morgan fingerprint density at radius 1 is 1.00 bits per heavy atom. The summed E-state index contributed by atoms with van der Waals surface area (Å²) in [6.07, 6.45) is 1.13. The number of thiazole rings is 1. The van der Waals surface area contributed by atoms with Crippen LogP contribution in [0, 0.1) is 0 Å². The molecule has 3 rings (SSSR count). The van der Waals surface area contributed by atoms with Gasteiger partial charge in [-0.2, -0.15) is 5.10 Å². The minimum atomic E-state index is -0.532. The third kappa shape index (κ3) is 7.99. The number of hydrogen-bond donors (Lipinski definition) is 2. The molecule has 0 aliphatic rings. The number of benzene rings is 2. The van der Waals surface area contributed by atoms with Crippen molar-refractivity contribution in [2.45, 2.75) is 6.42 Å². The Morgan fingerprint density at radius 2 is 1.68 bits per heavy atom. The van der Waals surface area contributed by atoms with Gasteiger partial charge in [-0.05, 0) is 29.8 Å². The summed E-state index contributed by atoms with van der Waals surface area (Å²) in [7, 11) is 0. The second kappa shape index (κ2) is 13.3. The summed E-state index contributed by atoms with van der Waals surface area (Å²) < 4.78 is 0. The highest BCUT2D eigenvalue weighted by molar-refractivity contribution is 7.14. The van der Waals surface area contributed by atoms with E-state index < -0.39 is 11.8 Å². The zero-order valence-corrected chi connectivity index (χ0v) is 21.1. The van der Waals surface area contributed by atoms with Crippen molar-refractivity contribution in [2.24, 2.45) is 5.10 Å². The van der Waals surface area contributed by atoms with Crippen LogP contribution in [0.15, 0.2) is 59.0 Å². The molecule has 2 amide bonds. The fourth-order valence-corrected chi connectivity index (χ4v) is 4.23. The van der Waals surface area contributed by atoms with Crippen molar-refractivity contribution in [3.8, 4) is 11.3 Å². The summed E-state index contributed by atoms with van der Waals surface area (Å²) in [5.74, 6) is 0.000317. The van der Waals surface area contributed by atoms with Crippen molar-refractivity contribution in [3.63, 3.8) is 0 Å². The largest absolute Gasteiger partial charge is 0.369 e. The van der Waals surface area contributed by atoms with Crippen LogP contribution in [-0.2, 0) is 9.59 Å². The maximum absolute atomic E-state index is 12.2. The van der Waals surface area contributed by atoms with Crippen molar-refractivity contribution in [3.05, 3.63) is 64.5 Å². The monoisotopic (exact) mass is 537 g/mol. The van der Waals surface area contributed by atoms with Gasteiger partial charge in [0.2, 0.25) is 11.8 Å². The Balaban J connectivity index is 1.46. The maximum Gasteiger partial charge on any atom is 0.249 e. The molecule has 2 N–H and O–H groups in total. The number of anilines is 2. The highest BCUT2D eigenvalue weighted by Gasteiger charge is 2.12. The SMILES string of the molecule is O=C(CC(=O)Nc1nc(-c2ccc(Cl)cc2)cs1)NN=Cc1ccc(N(CCCl)CCCl)cc1. The summed E-state index contributed by atoms with van der Waals surface area (Å²) >= 11 is 18.9. The average Bonchev–Trinajstić information content (AvgIpc) is 3.28. The minimum Gasteiger partial charge on any atom is -0.369 e. The van der Waals surface area contributed by atoms with Crippen molar-refractivity contribution in [1.82, 2.24) is 10.4 Å². The van der Waals surface area contributed by atoms with Crippen LogP contribution in [0.1, 0.15) is 12.0 Å². The van der Waals surface area contributed by atoms with Gasteiger partial charge in [0, 0.05) is 46.5 Å². The van der Waals surface area contributed by atoms with Gasteiger partial charge in [-0.15, -0.1) is 34.5 Å². The highest BCUT2D eigenvalue weighted by atomic mass is 35.5. The molecule has 7 nitrogen and oxygen atoms in total. The first-order valence-corrected chi connectivity index (χ1v) is 12.6. The van der Waals surface area contributed by atoms with Crippen molar-refractivity contribution >= 4 is 75.0 Å². The lowest BCUT2D eigenvalue weighted by atomic mass is 10.2. The van der Waals surface area contributed by atoms with Gasteiger partial charge in [-0.3, -0.25) is 9.59 Å². The summed E-state index contributed by atoms with van der Waals surface area (Å²) in [4.78, 5) is 30.6. The van der Waals surface area contributed by atoms with Gasteiger partial charge in [0.1, 0.15) is 6.42 Å². The molecule has 1 aromatic heterocycles. The van der Waals surface area contributed by atoms with Gasteiger partial charge in [-0.25, -0.2) is 10.4 Å². The second-order valence-electron chi connectivity index (χ2n) is 7.02. The van der Waals surface area contributed by atoms with Crippen LogP contribution in [0.5, 0.6) is 0 Å². The standard InChI is InChI=1S/C23H22Cl3N5O2S/c24-9-11-31(12-10-25)19-7-1-16(2-8-19)14-27-30-22(33)13-21(32)29-23-28-20(15-34-23)17-3-5-18(26)6-4-17/h1-8,14-15H,9-13H2,(H,30,33)(H,28,29,32). The van der Waals surface area contributed by atoms with E-state index in [-0.39, 0.29) is 6.42 Å². The van der Waals surface area contributed by atoms with Gasteiger partial charge in [-0.1, -0.05) is 35.9 Å². The topological polar surface area (TPSA) is 86.7 Å². The molecule has 0 fully saturated rings. The molecule has 0 unspecified atom stereocenters. The molecule has 0 saturated carbocycles. The van der Waals surface area contributed by atoms with Crippen LogP contribution >= 0.6 is 46.1 Å². The summed E-state index contributed by atoms with van der Waals surface area (Å²) in [6.45, 7) is 1.40. The van der Waals surface area contributed by atoms with Crippen LogP contribution in [0.3, 0.4) is 0 Å². The molecule has 1 heterocycles. The number of nitrogens with zero attached hydrogens (tertiary/aromatic N) is 3. The molecule has 0 radical (unpaired) electrons. The van der Waals surface area contributed by atoms with E-state index in [0.717, 1.165) is 16.8 Å². The van der Waals surface area contributed by atoms with Gasteiger partial charge < -0.3 is 10.2 Å². The summed E-state index contributed by atoms with van der Waals surface area (Å²) in [6, 6.07) is 14.8. The highest BCUT2D eigenvalue weighted by Crippen LogP contribution is 2.26. The maximum atomic E-state index is 12.2. The fraction of sp³-hybridized carbons (Fsp3) is 0.217. The Hall–Kier alpha value is -2.65. The number of aromatic nitrogens is 1. The molecule has 0 bridgehead atoms. The number of hydrazone groups is 1. The first kappa shape index (κ1) is 26.0. The fourth-order valence-electron chi connectivity index (χ4n) is 2.96. The van der Waals surface area contributed by atoms with Crippen LogP contribution in [0.25, 0.3) is 11.3 Å². The van der Waals surface area contributed by atoms with Crippen molar-refractivity contribution in [1.29, 1.82) is 0 Å². The Kier molecular flexibility index (Phi) is 10.2. The van der Waals surface area contributed by atoms with Gasteiger partial charge in [0.25, 0.3) is 0 Å². The molecule has 3 aromatic rings. The molecule has 178 valence electrons. The number of alkyl halides is 2. The number of carbonyl (C=O) groups is 2. The van der Waals surface area contributed by atoms with Crippen LogP contribution in [0.4, 0.5) is 10.8 Å². The van der Waals surface area contributed by atoms with Crippen LogP contribution in [-0.4, -0.2) is 47.9 Å². The number of amides is 2. The summed E-state index contributed by atoms with van der Waals surface area (Å²) in [5.41, 5.74) is 5.75. The third-order valence-corrected chi connectivity index (χ3v) is 5.93. The van der Waals surface area contributed by atoms with E-state index in [2.05, 4.69) is 25.7 Å². The van der Waals surface area contributed by atoms with Crippen LogP contribution in [0.2, 0.25) is 5.02 Å². The first-order valence-electron chi connectivity index (χ1n) is 10.3.